The predicted molar refractivity (Wildman–Crippen MR) is 176 cm³/mol. The Morgan fingerprint density at radius 1 is 0.578 bits per heavy atom. The Morgan fingerprint density at radius 3 is 1.20 bits per heavy atom. The number of hydrogen-bond acceptors (Lipinski definition) is 7. The molecule has 4 aromatic carbocycles. The largest absolute Gasteiger partial charge is 0.744 e. The molecule has 0 radical (unpaired) electrons. The zero-order valence-electron chi connectivity index (χ0n) is 26.4. The average Bonchev–Trinajstić information content (AvgIpc) is 2.97. The highest BCUT2D eigenvalue weighted by Gasteiger charge is 2.41. The molecule has 9 nitrogen and oxygen atoms in total. The lowest BCUT2D eigenvalue weighted by Crippen LogP contribution is -2.18. The summed E-state index contributed by atoms with van der Waals surface area (Å²) in [6, 6.07) is 30.4. The van der Waals surface area contributed by atoms with E-state index in [1.54, 1.807) is 13.8 Å². The minimum atomic E-state index is -5.17. The van der Waals surface area contributed by atoms with E-state index in [-0.39, 0.29) is 27.6 Å². The summed E-state index contributed by atoms with van der Waals surface area (Å²) in [4.78, 5) is 24.9. The van der Waals surface area contributed by atoms with E-state index in [2.05, 4.69) is 91.9 Å². The van der Waals surface area contributed by atoms with Gasteiger partial charge in [-0.05, 0) is 61.1 Å². The highest BCUT2D eigenvalue weighted by atomic mass is 32.2. The lowest BCUT2D eigenvalue weighted by atomic mass is 9.85. The van der Waals surface area contributed by atoms with Crippen LogP contribution in [0, 0.1) is 27.2 Å². The van der Waals surface area contributed by atoms with Gasteiger partial charge in [-0.15, -0.1) is 0 Å². The molecule has 0 N–H and O–H groups in total. The fraction of sp³-hybridized carbons (Fsp3) is 0.294. The van der Waals surface area contributed by atoms with Crippen LogP contribution in [0.1, 0.15) is 81.5 Å². The number of nitro groups is 2. The zero-order chi connectivity index (χ0) is 33.6. The van der Waals surface area contributed by atoms with E-state index in [9.17, 15) is 33.2 Å². The number of rotatable bonds is 9. The summed E-state index contributed by atoms with van der Waals surface area (Å²) in [5, 5.41) is 23.3. The Bertz CT molecular complexity index is 1670. The zero-order valence-corrected chi connectivity index (χ0v) is 28.0. The second kappa shape index (κ2) is 14.8. The molecule has 0 amide bonds. The summed E-state index contributed by atoms with van der Waals surface area (Å²) < 4.78 is 35.7. The van der Waals surface area contributed by atoms with Crippen molar-refractivity contribution in [1.82, 2.24) is 0 Å². The maximum Gasteiger partial charge on any atom is 0.284 e. The van der Waals surface area contributed by atoms with Crippen LogP contribution in [0.25, 0.3) is 0 Å². The Hall–Kier alpha value is -4.06. The van der Waals surface area contributed by atoms with Crippen LogP contribution >= 0.6 is 0 Å². The molecular formula is C34H38N2O7S2. The van der Waals surface area contributed by atoms with E-state index in [4.69, 9.17) is 0 Å². The summed E-state index contributed by atoms with van der Waals surface area (Å²) in [6.45, 7) is 11.3. The molecule has 0 heterocycles. The van der Waals surface area contributed by atoms with Gasteiger partial charge in [-0.3, -0.25) is 20.2 Å². The van der Waals surface area contributed by atoms with Gasteiger partial charge in [-0.1, -0.05) is 95.6 Å². The third kappa shape index (κ3) is 8.16. The Morgan fingerprint density at radius 2 is 0.911 bits per heavy atom. The standard InChI is InChI=1S/C19H17S.C15H22N2O7S/c1-16-12-14-19(15-13-16)20(17-8-4-2-5-9-17)18-10-6-3-7-11-18;1-7(2)10-13(16(18)19)11(8(3)4)15(25(22,23)24)12(9(5)6)14(10)17(20)21/h2-15H,1H3;7-9H,1-6H3,(H,22,23,24)/q+1;/p-1. The van der Waals surface area contributed by atoms with E-state index in [0.29, 0.717) is 0 Å². The van der Waals surface area contributed by atoms with Crippen molar-refractivity contribution in [3.63, 3.8) is 0 Å². The summed E-state index contributed by atoms with van der Waals surface area (Å²) in [6.07, 6.45) is 0. The molecule has 238 valence electrons. The van der Waals surface area contributed by atoms with Gasteiger partial charge < -0.3 is 4.55 Å². The molecule has 0 aromatic heterocycles. The first-order valence-electron chi connectivity index (χ1n) is 14.5. The lowest BCUT2D eigenvalue weighted by molar-refractivity contribution is -0.397. The second-order valence-electron chi connectivity index (χ2n) is 11.4. The molecule has 0 fully saturated rings. The average molecular weight is 651 g/mol. The van der Waals surface area contributed by atoms with Crippen molar-refractivity contribution in [3.8, 4) is 0 Å². The normalized spacial score (nSPS) is 11.6. The molecule has 0 aliphatic heterocycles. The van der Waals surface area contributed by atoms with E-state index in [0.717, 1.165) is 0 Å². The topological polar surface area (TPSA) is 143 Å². The minimum absolute atomic E-state index is 0.0229. The van der Waals surface area contributed by atoms with Gasteiger partial charge in [0.05, 0.1) is 36.8 Å². The number of nitrogens with zero attached hydrogens (tertiary/aromatic N) is 2. The van der Waals surface area contributed by atoms with Gasteiger partial charge >= 0.3 is 0 Å². The smallest absolute Gasteiger partial charge is 0.284 e. The van der Waals surface area contributed by atoms with Gasteiger partial charge in [-0.2, -0.15) is 0 Å². The van der Waals surface area contributed by atoms with Crippen molar-refractivity contribution in [1.29, 1.82) is 0 Å². The monoisotopic (exact) mass is 650 g/mol. The van der Waals surface area contributed by atoms with Gasteiger partial charge in [0, 0.05) is 0 Å². The van der Waals surface area contributed by atoms with E-state index in [1.807, 2.05) is 0 Å². The third-order valence-electron chi connectivity index (χ3n) is 7.07. The molecule has 11 heteroatoms. The van der Waals surface area contributed by atoms with Crippen molar-refractivity contribution in [3.05, 3.63) is 127 Å². The maximum absolute atomic E-state index is 11.9. The van der Waals surface area contributed by atoms with Crippen LogP contribution in [0.4, 0.5) is 11.4 Å². The third-order valence-corrected chi connectivity index (χ3v) is 10.2. The highest BCUT2D eigenvalue weighted by molar-refractivity contribution is 7.97. The molecule has 0 saturated heterocycles. The van der Waals surface area contributed by atoms with Gasteiger partial charge in [-0.25, -0.2) is 8.42 Å². The molecular weight excluding hydrogens is 613 g/mol. The van der Waals surface area contributed by atoms with Crippen molar-refractivity contribution in [2.45, 2.75) is 85.8 Å². The Balaban J connectivity index is 0.000000250. The summed E-state index contributed by atoms with van der Waals surface area (Å²) in [7, 11) is -5.19. The minimum Gasteiger partial charge on any atom is -0.744 e. The molecule has 4 aromatic rings. The molecule has 4 rings (SSSR count). The maximum atomic E-state index is 11.9. The van der Waals surface area contributed by atoms with Gasteiger partial charge in [0.2, 0.25) is 0 Å². The second-order valence-corrected chi connectivity index (χ2v) is 14.8. The first-order chi connectivity index (χ1) is 21.1. The molecule has 0 spiro atoms. The first-order valence-corrected chi connectivity index (χ1v) is 17.1. The summed E-state index contributed by atoms with van der Waals surface area (Å²) >= 11 is 0. The Kier molecular flexibility index (Phi) is 11.7. The molecule has 0 aliphatic carbocycles. The van der Waals surface area contributed by atoms with Crippen molar-refractivity contribution < 1.29 is 22.8 Å². The molecule has 0 unspecified atom stereocenters. The van der Waals surface area contributed by atoms with E-state index >= 15 is 0 Å². The number of benzene rings is 4. The molecule has 0 atom stereocenters. The highest BCUT2D eigenvalue weighted by Crippen LogP contribution is 2.49. The van der Waals surface area contributed by atoms with Gasteiger partial charge in [0.1, 0.15) is 15.7 Å². The fourth-order valence-corrected chi connectivity index (χ4v) is 8.53. The van der Waals surface area contributed by atoms with Gasteiger partial charge in [0.25, 0.3) is 11.4 Å². The molecule has 0 bridgehead atoms. The number of hydrogen-bond donors (Lipinski definition) is 0. The SMILES string of the molecule is CC(C)c1c([N+](=O)[O-])c(C(C)C)c(S(=O)(=O)[O-])c(C(C)C)c1[N+](=O)[O-].Cc1ccc([S+](c2ccccc2)c2ccccc2)cc1. The quantitative estimate of drug-likeness (QED) is 0.0761. The van der Waals surface area contributed by atoms with Crippen LogP contribution in [0.15, 0.2) is 105 Å². The first kappa shape index (κ1) is 35.4. The Labute approximate surface area is 267 Å². The van der Waals surface area contributed by atoms with Crippen LogP contribution in [0.2, 0.25) is 0 Å². The van der Waals surface area contributed by atoms with Crippen LogP contribution in [0.3, 0.4) is 0 Å². The van der Waals surface area contributed by atoms with Crippen LogP contribution in [-0.2, 0) is 21.0 Å². The molecule has 45 heavy (non-hydrogen) atoms. The van der Waals surface area contributed by atoms with Gasteiger partial charge in [0.15, 0.2) is 14.7 Å². The van der Waals surface area contributed by atoms with Crippen molar-refractivity contribution in [2.24, 2.45) is 0 Å². The number of aryl methyl sites for hydroxylation is 1. The fourth-order valence-electron chi connectivity index (χ4n) is 5.24. The van der Waals surface area contributed by atoms with Crippen LogP contribution in [-0.4, -0.2) is 22.8 Å². The molecule has 0 saturated carbocycles. The number of nitro benzene ring substituents is 2. The van der Waals surface area contributed by atoms with Crippen molar-refractivity contribution >= 4 is 32.4 Å². The van der Waals surface area contributed by atoms with Crippen LogP contribution < -0.4 is 0 Å². The summed E-state index contributed by atoms with van der Waals surface area (Å²) in [5.41, 5.74) is -0.699. The molecule has 0 aliphatic rings. The van der Waals surface area contributed by atoms with Crippen LogP contribution in [0.5, 0.6) is 0 Å². The van der Waals surface area contributed by atoms with E-state index in [1.165, 1.54) is 47.9 Å². The summed E-state index contributed by atoms with van der Waals surface area (Å²) in [5.74, 6) is -1.98. The predicted octanol–water partition coefficient (Wildman–Crippen LogP) is 8.87. The lowest BCUT2D eigenvalue weighted by Gasteiger charge is -2.24. The van der Waals surface area contributed by atoms with E-state index < -0.39 is 54.0 Å². The van der Waals surface area contributed by atoms with Crippen molar-refractivity contribution in [2.75, 3.05) is 0 Å².